The number of carbonyl (C=O) groups is 1. The fraction of sp³-hybridized carbons (Fsp3) is 0.350. The van der Waals surface area contributed by atoms with Crippen molar-refractivity contribution in [3.05, 3.63) is 69.8 Å². The fourth-order valence-corrected chi connectivity index (χ4v) is 3.89. The molecule has 2 aliphatic heterocycles. The number of ether oxygens (including phenoxy) is 1. The summed E-state index contributed by atoms with van der Waals surface area (Å²) >= 11 is 0. The van der Waals surface area contributed by atoms with Crippen LogP contribution in [-0.2, 0) is 4.74 Å². The lowest BCUT2D eigenvalue weighted by atomic mass is 10.0. The first-order valence-corrected chi connectivity index (χ1v) is 8.99. The van der Waals surface area contributed by atoms with Crippen molar-refractivity contribution in [1.82, 2.24) is 4.90 Å². The van der Waals surface area contributed by atoms with Crippen molar-refractivity contribution in [3.8, 4) is 0 Å². The molecule has 4 rings (SSSR count). The summed E-state index contributed by atoms with van der Waals surface area (Å²) in [6.45, 7) is 2.83. The summed E-state index contributed by atoms with van der Waals surface area (Å²) in [6, 6.07) is 13.8. The number of nitrogens with zero attached hydrogens (tertiary/aromatic N) is 3. The number of benzene rings is 2. The number of rotatable bonds is 4. The highest BCUT2D eigenvalue weighted by Gasteiger charge is 2.40. The zero-order chi connectivity index (χ0) is 19.0. The van der Waals surface area contributed by atoms with Crippen LogP contribution in [0, 0.1) is 10.1 Å². The van der Waals surface area contributed by atoms with Gasteiger partial charge in [0.15, 0.2) is 5.78 Å². The number of ketones is 1. The Bertz CT molecular complexity index is 871. The molecule has 0 saturated carbocycles. The fourth-order valence-electron chi connectivity index (χ4n) is 3.89. The average Bonchev–Trinajstić information content (AvgIpc) is 3.13. The van der Waals surface area contributed by atoms with Gasteiger partial charge >= 0.3 is 0 Å². The molecule has 7 nitrogen and oxygen atoms in total. The van der Waals surface area contributed by atoms with Crippen molar-refractivity contribution in [2.75, 3.05) is 38.2 Å². The standard InChI is InChI=1S/C20H21N3O4/c1-21-9-10-27-19-13-22(12-18(19)21)16-8-7-15(11-17(16)23(25)26)20(24)14-5-3-2-4-6-14/h2-8,11,18-19H,9-10,12-13H2,1H3. The number of hydrogen-bond donors (Lipinski definition) is 0. The quantitative estimate of drug-likeness (QED) is 0.469. The second-order valence-corrected chi connectivity index (χ2v) is 7.02. The van der Waals surface area contributed by atoms with Crippen molar-refractivity contribution in [1.29, 1.82) is 0 Å². The molecular weight excluding hydrogens is 346 g/mol. The Kier molecular flexibility index (Phi) is 4.63. The lowest BCUT2D eigenvalue weighted by Gasteiger charge is -2.33. The van der Waals surface area contributed by atoms with Gasteiger partial charge in [-0.25, -0.2) is 0 Å². The number of nitro benzene ring substituents is 1. The minimum Gasteiger partial charge on any atom is -0.373 e. The molecule has 0 aromatic heterocycles. The lowest BCUT2D eigenvalue weighted by molar-refractivity contribution is -0.384. The zero-order valence-electron chi connectivity index (χ0n) is 15.1. The van der Waals surface area contributed by atoms with Gasteiger partial charge in [-0.2, -0.15) is 0 Å². The topological polar surface area (TPSA) is 75.9 Å². The summed E-state index contributed by atoms with van der Waals surface area (Å²) < 4.78 is 5.84. The van der Waals surface area contributed by atoms with Gasteiger partial charge in [-0.15, -0.1) is 0 Å². The SMILES string of the molecule is CN1CCOC2CN(c3ccc(C(=O)c4ccccc4)cc3[N+](=O)[O-])CC21. The van der Waals surface area contributed by atoms with Gasteiger partial charge in [0.1, 0.15) is 5.69 Å². The molecule has 0 radical (unpaired) electrons. The monoisotopic (exact) mass is 367 g/mol. The maximum absolute atomic E-state index is 12.6. The maximum atomic E-state index is 12.6. The van der Waals surface area contributed by atoms with Crippen molar-refractivity contribution in [2.24, 2.45) is 0 Å². The molecule has 0 spiro atoms. The summed E-state index contributed by atoms with van der Waals surface area (Å²) in [7, 11) is 2.06. The third kappa shape index (κ3) is 3.31. The Hall–Kier alpha value is -2.77. The largest absolute Gasteiger partial charge is 0.373 e. The smallest absolute Gasteiger partial charge is 0.293 e. The molecule has 2 fully saturated rings. The van der Waals surface area contributed by atoms with Crippen molar-refractivity contribution < 1.29 is 14.5 Å². The van der Waals surface area contributed by atoms with Gasteiger partial charge in [-0.1, -0.05) is 30.3 Å². The summed E-state index contributed by atoms with van der Waals surface area (Å²) in [5.41, 5.74) is 1.33. The molecule has 2 unspecified atom stereocenters. The van der Waals surface area contributed by atoms with Gasteiger partial charge in [-0.3, -0.25) is 19.8 Å². The molecule has 2 heterocycles. The third-order valence-corrected chi connectivity index (χ3v) is 5.39. The Balaban J connectivity index is 1.64. The van der Waals surface area contributed by atoms with Crippen molar-refractivity contribution >= 4 is 17.2 Å². The molecule has 27 heavy (non-hydrogen) atoms. The highest BCUT2D eigenvalue weighted by Crippen LogP contribution is 2.34. The van der Waals surface area contributed by atoms with Crippen LogP contribution in [0.1, 0.15) is 15.9 Å². The van der Waals surface area contributed by atoms with E-state index in [2.05, 4.69) is 11.9 Å². The zero-order valence-corrected chi connectivity index (χ0v) is 15.1. The van der Waals surface area contributed by atoms with Crippen LogP contribution in [0.5, 0.6) is 0 Å². The Labute approximate surface area is 157 Å². The van der Waals surface area contributed by atoms with E-state index in [9.17, 15) is 14.9 Å². The molecule has 0 aliphatic carbocycles. The molecule has 0 bridgehead atoms. The summed E-state index contributed by atoms with van der Waals surface area (Å²) in [4.78, 5) is 28.2. The molecular formula is C20H21N3O4. The molecule has 0 amide bonds. The lowest BCUT2D eigenvalue weighted by Crippen LogP contribution is -2.48. The van der Waals surface area contributed by atoms with Crippen LogP contribution in [0.2, 0.25) is 0 Å². The molecule has 2 aromatic rings. The van der Waals surface area contributed by atoms with E-state index >= 15 is 0 Å². The molecule has 2 aliphatic rings. The van der Waals surface area contributed by atoms with Crippen LogP contribution in [-0.4, -0.2) is 61.0 Å². The third-order valence-electron chi connectivity index (χ3n) is 5.39. The van der Waals surface area contributed by atoms with Gasteiger partial charge in [-0.05, 0) is 19.2 Å². The van der Waals surface area contributed by atoms with Gasteiger partial charge in [0.2, 0.25) is 0 Å². The second-order valence-electron chi connectivity index (χ2n) is 7.02. The summed E-state index contributed by atoms with van der Waals surface area (Å²) in [5.74, 6) is -0.219. The van der Waals surface area contributed by atoms with Gasteiger partial charge in [0, 0.05) is 36.8 Å². The van der Waals surface area contributed by atoms with Crippen LogP contribution >= 0.6 is 0 Å². The van der Waals surface area contributed by atoms with E-state index in [4.69, 9.17) is 4.74 Å². The molecule has 2 atom stereocenters. The van der Waals surface area contributed by atoms with Gasteiger partial charge in [0.25, 0.3) is 5.69 Å². The first kappa shape index (κ1) is 17.6. The van der Waals surface area contributed by atoms with E-state index < -0.39 is 4.92 Å². The highest BCUT2D eigenvalue weighted by molar-refractivity contribution is 6.09. The molecule has 0 N–H and O–H groups in total. The molecule has 2 saturated heterocycles. The summed E-state index contributed by atoms with van der Waals surface area (Å²) in [5, 5.41) is 11.7. The normalized spacial score (nSPS) is 22.5. The number of likely N-dealkylation sites (N-methyl/N-ethyl adjacent to an activating group) is 1. The molecule has 2 aromatic carbocycles. The molecule has 140 valence electrons. The van der Waals surface area contributed by atoms with E-state index in [1.54, 1.807) is 36.4 Å². The van der Waals surface area contributed by atoms with E-state index in [-0.39, 0.29) is 23.6 Å². The Morgan fingerprint density at radius 3 is 2.63 bits per heavy atom. The predicted octanol–water partition coefficient (Wildman–Crippen LogP) is 2.34. The van der Waals surface area contributed by atoms with Crippen LogP contribution < -0.4 is 4.90 Å². The van der Waals surface area contributed by atoms with Crippen molar-refractivity contribution in [2.45, 2.75) is 12.1 Å². The Morgan fingerprint density at radius 1 is 1.15 bits per heavy atom. The first-order chi connectivity index (χ1) is 13.0. The van der Waals surface area contributed by atoms with Crippen LogP contribution in [0.15, 0.2) is 48.5 Å². The van der Waals surface area contributed by atoms with E-state index in [0.717, 1.165) is 6.54 Å². The van der Waals surface area contributed by atoms with Gasteiger partial charge < -0.3 is 9.64 Å². The number of hydrogen-bond acceptors (Lipinski definition) is 6. The average molecular weight is 367 g/mol. The van der Waals surface area contributed by atoms with Crippen LogP contribution in [0.25, 0.3) is 0 Å². The van der Waals surface area contributed by atoms with Crippen LogP contribution in [0.3, 0.4) is 0 Å². The minimum absolute atomic E-state index is 0.0434. The second kappa shape index (κ2) is 7.09. The number of nitro groups is 1. The van der Waals surface area contributed by atoms with Gasteiger partial charge in [0.05, 0.1) is 23.7 Å². The number of fused-ring (bicyclic) bond motifs is 1. The Morgan fingerprint density at radius 2 is 1.93 bits per heavy atom. The molecule has 7 heteroatoms. The number of carbonyl (C=O) groups excluding carboxylic acids is 1. The minimum atomic E-state index is -0.413. The first-order valence-electron chi connectivity index (χ1n) is 8.99. The number of anilines is 1. The highest BCUT2D eigenvalue weighted by atomic mass is 16.6. The summed E-state index contributed by atoms with van der Waals surface area (Å²) in [6.07, 6.45) is 0.0500. The maximum Gasteiger partial charge on any atom is 0.293 e. The predicted molar refractivity (Wildman–Crippen MR) is 101 cm³/mol. The van der Waals surface area contributed by atoms with E-state index in [0.29, 0.717) is 36.5 Å². The van der Waals surface area contributed by atoms with Crippen molar-refractivity contribution in [3.63, 3.8) is 0 Å². The van der Waals surface area contributed by atoms with Crippen LogP contribution in [0.4, 0.5) is 11.4 Å². The van der Waals surface area contributed by atoms with E-state index in [1.165, 1.54) is 6.07 Å². The van der Waals surface area contributed by atoms with E-state index in [1.807, 2.05) is 11.0 Å². The number of morpholine rings is 1.